The maximum Gasteiger partial charge on any atom is 0.321 e. The number of rotatable bonds is 5. The number of nitriles is 1. The van der Waals surface area contributed by atoms with Crippen LogP contribution >= 0.6 is 11.6 Å². The van der Waals surface area contributed by atoms with Crippen LogP contribution in [0.15, 0.2) is 24.3 Å². The van der Waals surface area contributed by atoms with Crippen molar-refractivity contribution in [2.45, 2.75) is 26.7 Å². The number of nitrogens with zero attached hydrogens (tertiary/aromatic N) is 3. The van der Waals surface area contributed by atoms with Gasteiger partial charge in [0.1, 0.15) is 17.6 Å². The molecule has 164 valence electrons. The van der Waals surface area contributed by atoms with Gasteiger partial charge in [0.2, 0.25) is 5.88 Å². The molecule has 1 aromatic carbocycles. The van der Waals surface area contributed by atoms with E-state index in [9.17, 15) is 14.4 Å². The van der Waals surface area contributed by atoms with Gasteiger partial charge in [-0.3, -0.25) is 0 Å². The Bertz CT molecular complexity index is 1020. The van der Waals surface area contributed by atoms with E-state index in [1.54, 1.807) is 30.0 Å². The average molecular weight is 447 g/mol. The number of amides is 2. The fourth-order valence-electron chi connectivity index (χ4n) is 3.44. The number of anilines is 1. The van der Waals surface area contributed by atoms with Gasteiger partial charge in [-0.2, -0.15) is 5.26 Å². The zero-order valence-corrected chi connectivity index (χ0v) is 18.2. The lowest BCUT2D eigenvalue weighted by Gasteiger charge is -2.34. The minimum Gasteiger partial charge on any atom is -0.475 e. The Morgan fingerprint density at radius 1 is 1.39 bits per heavy atom. The molecule has 7 nitrogen and oxygen atoms in total. The minimum absolute atomic E-state index is 0.0463. The van der Waals surface area contributed by atoms with Crippen LogP contribution in [-0.2, 0) is 0 Å². The zero-order chi connectivity index (χ0) is 22.6. The number of carbonyl (C=O) groups excluding carboxylic acids is 1. The monoisotopic (exact) mass is 446 g/mol. The molecule has 0 aliphatic carbocycles. The third-order valence-electron chi connectivity index (χ3n) is 5.40. The highest BCUT2D eigenvalue weighted by molar-refractivity contribution is 6.29. The summed E-state index contributed by atoms with van der Waals surface area (Å²) in [7, 11) is 0. The average Bonchev–Trinajstić information content (AvgIpc) is 2.74. The predicted molar refractivity (Wildman–Crippen MR) is 116 cm³/mol. The number of pyridine rings is 1. The van der Waals surface area contributed by atoms with E-state index in [0.717, 1.165) is 0 Å². The standard InChI is InChI=1S/C22H24ClFN4O3/c1-14-9-17(24)18(26-21(30)28-5-3-22(2,13-25)4-6-28)12-16(14)15-10-19(23)27-20(11-15)31-8-7-29/h9-12,29H,3-8H2,1-2H3,(H,26,30). The van der Waals surface area contributed by atoms with Crippen molar-refractivity contribution >= 4 is 23.3 Å². The number of aryl methyl sites for hydroxylation is 1. The number of nitrogens with one attached hydrogen (secondary N) is 1. The summed E-state index contributed by atoms with van der Waals surface area (Å²) in [5.41, 5.74) is 1.56. The van der Waals surface area contributed by atoms with Crippen LogP contribution in [-0.4, -0.2) is 47.3 Å². The Hall–Kier alpha value is -2.89. The minimum atomic E-state index is -0.551. The summed E-state index contributed by atoms with van der Waals surface area (Å²) < 4.78 is 20.0. The molecular formula is C22H24ClFN4O3. The Morgan fingerprint density at radius 3 is 2.74 bits per heavy atom. The third kappa shape index (κ3) is 5.43. The highest BCUT2D eigenvalue weighted by atomic mass is 35.5. The summed E-state index contributed by atoms with van der Waals surface area (Å²) in [6.07, 6.45) is 1.15. The van der Waals surface area contributed by atoms with Crippen LogP contribution in [0.1, 0.15) is 25.3 Å². The smallest absolute Gasteiger partial charge is 0.321 e. The van der Waals surface area contributed by atoms with Gasteiger partial charge in [0, 0.05) is 19.2 Å². The summed E-state index contributed by atoms with van der Waals surface area (Å²) in [5.74, 6) is -0.315. The van der Waals surface area contributed by atoms with Crippen LogP contribution in [0.25, 0.3) is 11.1 Å². The maximum absolute atomic E-state index is 14.6. The van der Waals surface area contributed by atoms with E-state index in [-0.39, 0.29) is 29.9 Å². The Morgan fingerprint density at radius 2 is 2.10 bits per heavy atom. The van der Waals surface area contributed by atoms with Gasteiger partial charge in [0.05, 0.1) is 23.8 Å². The van der Waals surface area contributed by atoms with Crippen molar-refractivity contribution in [1.29, 1.82) is 5.26 Å². The van der Waals surface area contributed by atoms with Gasteiger partial charge >= 0.3 is 6.03 Å². The normalized spacial score (nSPS) is 15.3. The highest BCUT2D eigenvalue weighted by Crippen LogP contribution is 2.33. The number of likely N-dealkylation sites (tertiary alicyclic amines) is 1. The SMILES string of the molecule is Cc1cc(F)c(NC(=O)N2CCC(C)(C#N)CC2)cc1-c1cc(Cl)nc(OCCO)c1. The van der Waals surface area contributed by atoms with Crippen LogP contribution < -0.4 is 10.1 Å². The van der Waals surface area contributed by atoms with Gasteiger partial charge in [0.25, 0.3) is 0 Å². The second kappa shape index (κ2) is 9.50. The number of hydrogen-bond donors (Lipinski definition) is 2. The van der Waals surface area contributed by atoms with Gasteiger partial charge in [-0.15, -0.1) is 0 Å². The largest absolute Gasteiger partial charge is 0.475 e. The fourth-order valence-corrected chi connectivity index (χ4v) is 3.64. The lowest BCUT2D eigenvalue weighted by Crippen LogP contribution is -2.43. The number of carbonyl (C=O) groups is 1. The Balaban J connectivity index is 1.83. The van der Waals surface area contributed by atoms with E-state index in [0.29, 0.717) is 42.6 Å². The summed E-state index contributed by atoms with van der Waals surface area (Å²) in [6, 6.07) is 8.03. The van der Waals surface area contributed by atoms with Crippen molar-refractivity contribution in [1.82, 2.24) is 9.88 Å². The van der Waals surface area contributed by atoms with Gasteiger partial charge in [-0.05, 0) is 61.6 Å². The first-order chi connectivity index (χ1) is 14.7. The summed E-state index contributed by atoms with van der Waals surface area (Å²) in [6.45, 7) is 4.40. The molecule has 1 fully saturated rings. The molecular weight excluding hydrogens is 423 g/mol. The van der Waals surface area contributed by atoms with Gasteiger partial charge in [-0.1, -0.05) is 11.6 Å². The highest BCUT2D eigenvalue weighted by Gasteiger charge is 2.32. The molecule has 0 bridgehead atoms. The number of ether oxygens (including phenoxy) is 1. The van der Waals surface area contributed by atoms with E-state index in [1.165, 1.54) is 6.07 Å². The molecule has 0 saturated carbocycles. The van der Waals surface area contributed by atoms with Crippen LogP contribution in [0.3, 0.4) is 0 Å². The van der Waals surface area contributed by atoms with E-state index in [1.807, 2.05) is 6.92 Å². The van der Waals surface area contributed by atoms with E-state index >= 15 is 0 Å². The number of benzene rings is 1. The molecule has 2 aromatic rings. The number of urea groups is 1. The zero-order valence-electron chi connectivity index (χ0n) is 17.4. The Kier molecular flexibility index (Phi) is 6.98. The number of halogens is 2. The Labute approximate surface area is 185 Å². The van der Waals surface area contributed by atoms with E-state index in [2.05, 4.69) is 16.4 Å². The lowest BCUT2D eigenvalue weighted by atomic mass is 9.82. The molecule has 3 rings (SSSR count). The molecule has 0 radical (unpaired) electrons. The van der Waals surface area contributed by atoms with Crippen LogP contribution in [0, 0.1) is 29.5 Å². The second-order valence-electron chi connectivity index (χ2n) is 7.83. The van der Waals surface area contributed by atoms with Crippen molar-refractivity contribution in [3.8, 4) is 23.1 Å². The van der Waals surface area contributed by atoms with Crippen molar-refractivity contribution in [2.24, 2.45) is 5.41 Å². The molecule has 0 spiro atoms. The second-order valence-corrected chi connectivity index (χ2v) is 8.21. The summed E-state index contributed by atoms with van der Waals surface area (Å²) in [4.78, 5) is 18.3. The first-order valence-electron chi connectivity index (χ1n) is 9.93. The summed E-state index contributed by atoms with van der Waals surface area (Å²) >= 11 is 6.10. The molecule has 9 heteroatoms. The molecule has 0 unspecified atom stereocenters. The van der Waals surface area contributed by atoms with Crippen molar-refractivity contribution < 1.29 is 19.0 Å². The number of piperidine rings is 1. The molecule has 1 saturated heterocycles. The molecule has 2 heterocycles. The van der Waals surface area contributed by atoms with Crippen LogP contribution in [0.2, 0.25) is 5.15 Å². The lowest BCUT2D eigenvalue weighted by molar-refractivity contribution is 0.166. The number of aromatic nitrogens is 1. The molecule has 0 atom stereocenters. The van der Waals surface area contributed by atoms with Gasteiger partial charge in [0.15, 0.2) is 0 Å². The molecule has 1 aromatic heterocycles. The van der Waals surface area contributed by atoms with E-state index in [4.69, 9.17) is 21.4 Å². The van der Waals surface area contributed by atoms with Crippen molar-refractivity contribution in [3.63, 3.8) is 0 Å². The van der Waals surface area contributed by atoms with Crippen molar-refractivity contribution in [3.05, 3.63) is 40.8 Å². The topological polar surface area (TPSA) is 98.5 Å². The maximum atomic E-state index is 14.6. The van der Waals surface area contributed by atoms with Crippen molar-refractivity contribution in [2.75, 3.05) is 31.6 Å². The van der Waals surface area contributed by atoms with Crippen LogP contribution in [0.5, 0.6) is 5.88 Å². The first-order valence-corrected chi connectivity index (χ1v) is 10.3. The molecule has 2 N–H and O–H groups in total. The molecule has 31 heavy (non-hydrogen) atoms. The molecule has 1 aliphatic heterocycles. The molecule has 2 amide bonds. The molecule has 1 aliphatic rings. The quantitative estimate of drug-likeness (QED) is 0.664. The van der Waals surface area contributed by atoms with E-state index < -0.39 is 17.3 Å². The summed E-state index contributed by atoms with van der Waals surface area (Å²) in [5, 5.41) is 21.0. The first kappa shape index (κ1) is 22.8. The van der Waals surface area contributed by atoms with Gasteiger partial charge in [-0.25, -0.2) is 14.2 Å². The number of aliphatic hydroxyl groups is 1. The third-order valence-corrected chi connectivity index (χ3v) is 5.60. The van der Waals surface area contributed by atoms with Gasteiger partial charge < -0.3 is 20.1 Å². The predicted octanol–water partition coefficient (Wildman–Crippen LogP) is 4.38. The number of hydrogen-bond acceptors (Lipinski definition) is 5. The fraction of sp³-hybridized carbons (Fsp3) is 0.409. The number of aliphatic hydroxyl groups excluding tert-OH is 1. The van der Waals surface area contributed by atoms with Crippen LogP contribution in [0.4, 0.5) is 14.9 Å².